The Labute approximate surface area is 394 Å². The monoisotopic (exact) mass is 924 g/mol. The third kappa shape index (κ3) is 11.1. The third-order valence-electron chi connectivity index (χ3n) is 11.4. The first kappa shape index (κ1) is 48.2. The van der Waals surface area contributed by atoms with E-state index in [1.807, 2.05) is 108 Å². The van der Waals surface area contributed by atoms with E-state index in [1.165, 1.54) is 10.6 Å². The van der Waals surface area contributed by atoms with Crippen molar-refractivity contribution in [3.05, 3.63) is 167 Å². The van der Waals surface area contributed by atoms with Crippen LogP contribution in [0.3, 0.4) is 0 Å². The molecule has 1 aliphatic heterocycles. The first-order valence-corrected chi connectivity index (χ1v) is 24.1. The van der Waals surface area contributed by atoms with Crippen molar-refractivity contribution < 1.29 is 32.6 Å². The number of thioether (sulfide) groups is 1. The van der Waals surface area contributed by atoms with Crippen LogP contribution in [0.5, 0.6) is 11.5 Å². The zero-order valence-electron chi connectivity index (χ0n) is 38.7. The molecule has 7 rings (SSSR count). The molecule has 6 aromatic rings. The molecule has 2 heterocycles. The van der Waals surface area contributed by atoms with Crippen molar-refractivity contribution >= 4 is 48.9 Å². The lowest BCUT2D eigenvalue weighted by molar-refractivity contribution is -0.658. The number of ether oxygens (including phenoxy) is 3. The first-order chi connectivity index (χ1) is 32.1. The van der Waals surface area contributed by atoms with Crippen LogP contribution in [0.4, 0.5) is 5.69 Å². The number of methoxy groups -OCH3 is 2. The molecule has 0 saturated heterocycles. The number of nitriles is 1. The second-order valence-corrected chi connectivity index (χ2v) is 19.0. The summed E-state index contributed by atoms with van der Waals surface area (Å²) in [6, 6.07) is 46.1. The molecule has 0 spiro atoms. The number of benzene rings is 5. The Morgan fingerprint density at radius 2 is 1.41 bits per heavy atom. The molecule has 0 saturated carbocycles. The van der Waals surface area contributed by atoms with E-state index in [1.54, 1.807) is 26.0 Å². The summed E-state index contributed by atoms with van der Waals surface area (Å²) in [5.74, 6) is 1.21. The Balaban J connectivity index is 1.23. The summed E-state index contributed by atoms with van der Waals surface area (Å²) in [6.07, 6.45) is 4.41. The van der Waals surface area contributed by atoms with Crippen molar-refractivity contribution in [2.45, 2.75) is 69.3 Å². The molecule has 0 aliphatic carbocycles. The van der Waals surface area contributed by atoms with E-state index in [0.29, 0.717) is 11.5 Å². The van der Waals surface area contributed by atoms with Gasteiger partial charge in [-0.1, -0.05) is 90.6 Å². The van der Waals surface area contributed by atoms with Crippen molar-refractivity contribution in [2.24, 2.45) is 0 Å². The number of para-hydroxylation sites is 2. The zero-order chi connectivity index (χ0) is 46.6. The largest absolute Gasteiger partial charge is 0.497 e. The highest BCUT2D eigenvalue weighted by atomic mass is 32.2. The normalized spacial score (nSPS) is 14.1. The molecule has 1 aliphatic rings. The summed E-state index contributed by atoms with van der Waals surface area (Å²) in [6.45, 7) is 8.78. The molecule has 11 nitrogen and oxygen atoms in total. The fourth-order valence-corrected chi connectivity index (χ4v) is 11.0. The molecular formula is C53H59N5O6PS+. The summed E-state index contributed by atoms with van der Waals surface area (Å²) < 4.78 is 35.7. The van der Waals surface area contributed by atoms with Crippen molar-refractivity contribution in [2.75, 3.05) is 46.0 Å². The molecule has 0 radical (unpaired) electrons. The number of hydrogen-bond acceptors (Lipinski definition) is 10. The highest BCUT2D eigenvalue weighted by Crippen LogP contribution is 2.47. The van der Waals surface area contributed by atoms with Crippen LogP contribution in [0.1, 0.15) is 56.4 Å². The lowest BCUT2D eigenvalue weighted by Gasteiger charge is -2.38. The van der Waals surface area contributed by atoms with Gasteiger partial charge < -0.3 is 33.5 Å². The maximum atomic E-state index is 14.5. The zero-order valence-corrected chi connectivity index (χ0v) is 40.4. The van der Waals surface area contributed by atoms with Gasteiger partial charge in [-0.25, -0.2) is 4.67 Å². The number of anilines is 1. The predicted molar refractivity (Wildman–Crippen MR) is 264 cm³/mol. The number of carbonyl (C=O) groups is 1. The van der Waals surface area contributed by atoms with Crippen LogP contribution in [0.2, 0.25) is 0 Å². The average molecular weight is 925 g/mol. The molecule has 13 heteroatoms. The van der Waals surface area contributed by atoms with Crippen LogP contribution in [-0.2, 0) is 30.7 Å². The quantitative estimate of drug-likeness (QED) is 0.0324. The number of hydrogen-bond donors (Lipinski definition) is 1. The summed E-state index contributed by atoms with van der Waals surface area (Å²) >= 11 is 1.75. The minimum Gasteiger partial charge on any atom is -0.497 e. The number of amides is 1. The van der Waals surface area contributed by atoms with Gasteiger partial charge in [0.2, 0.25) is 12.1 Å². The van der Waals surface area contributed by atoms with E-state index in [4.69, 9.17) is 23.3 Å². The standard InChI is InChI=1S/C53H58N5O6PS/c1-38(2)58(39(3)4)65(63-33-15-31-54)64-37-44(36-62-53(41-16-9-8-10-17-41,42-22-26-45(60-6)27-23-42)43-24-28-46(61-7)29-25-43)55-51(59)35-57-32-30-40(47-18-11-12-19-48(47)57)34-52-56(5)49-20-13-14-21-50(49)66-52/h8-14,16-30,32,34,38-39,44H,15,33,35-37H2,1-7H3/p+1/t44-,65?/m1/s1. The maximum absolute atomic E-state index is 14.5. The van der Waals surface area contributed by atoms with Crippen LogP contribution in [0.15, 0.2) is 150 Å². The van der Waals surface area contributed by atoms with Crippen LogP contribution in [0, 0.1) is 11.3 Å². The molecule has 1 amide bonds. The van der Waals surface area contributed by atoms with E-state index in [-0.39, 0.29) is 50.8 Å². The van der Waals surface area contributed by atoms with Crippen LogP contribution >= 0.6 is 20.3 Å². The van der Waals surface area contributed by atoms with Crippen LogP contribution in [0.25, 0.3) is 17.0 Å². The lowest BCUT2D eigenvalue weighted by Crippen LogP contribution is -2.50. The smallest absolute Gasteiger partial charge is 0.286 e. The molecule has 0 bridgehead atoms. The average Bonchev–Trinajstić information content (AvgIpc) is 3.65. The molecule has 5 aromatic carbocycles. The third-order valence-corrected chi connectivity index (χ3v) is 14.7. The van der Waals surface area contributed by atoms with Gasteiger partial charge in [-0.2, -0.15) is 9.83 Å². The van der Waals surface area contributed by atoms with Gasteiger partial charge in [0.1, 0.15) is 17.1 Å². The van der Waals surface area contributed by atoms with Crippen LogP contribution < -0.4 is 24.3 Å². The molecule has 1 unspecified atom stereocenters. The predicted octanol–water partition coefficient (Wildman–Crippen LogP) is 10.5. The van der Waals surface area contributed by atoms with Crippen molar-refractivity contribution in [3.8, 4) is 17.6 Å². The molecule has 66 heavy (non-hydrogen) atoms. The highest BCUT2D eigenvalue weighted by Gasteiger charge is 2.39. The molecule has 0 fully saturated rings. The Kier molecular flexibility index (Phi) is 16.5. The maximum Gasteiger partial charge on any atom is 0.286 e. The van der Waals surface area contributed by atoms with Crippen molar-refractivity contribution in [1.82, 2.24) is 9.99 Å². The van der Waals surface area contributed by atoms with Gasteiger partial charge in [0.25, 0.3) is 14.4 Å². The van der Waals surface area contributed by atoms with Gasteiger partial charge in [0.15, 0.2) is 6.20 Å². The molecule has 342 valence electrons. The molecule has 1 aromatic heterocycles. The fourth-order valence-electron chi connectivity index (χ4n) is 8.28. The van der Waals surface area contributed by atoms with Crippen molar-refractivity contribution in [1.29, 1.82) is 5.26 Å². The molecular weight excluding hydrogens is 866 g/mol. The first-order valence-electron chi connectivity index (χ1n) is 22.2. The van der Waals surface area contributed by atoms with E-state index >= 15 is 0 Å². The Hall–Kier alpha value is -5.77. The fraction of sp³-hybridized carbons (Fsp3) is 0.302. The summed E-state index contributed by atoms with van der Waals surface area (Å²) in [5, 5.41) is 14.9. The van der Waals surface area contributed by atoms with E-state index in [2.05, 4.69) is 98.2 Å². The van der Waals surface area contributed by atoms with Gasteiger partial charge in [-0.05, 0) is 98.5 Å². The van der Waals surface area contributed by atoms with E-state index in [0.717, 1.165) is 38.2 Å². The van der Waals surface area contributed by atoms with E-state index < -0.39 is 20.2 Å². The van der Waals surface area contributed by atoms with Gasteiger partial charge in [0, 0.05) is 36.2 Å². The van der Waals surface area contributed by atoms with Gasteiger partial charge in [-0.3, -0.25) is 4.79 Å². The summed E-state index contributed by atoms with van der Waals surface area (Å²) in [7, 11) is 3.76. The minimum atomic E-state index is -1.62. The summed E-state index contributed by atoms with van der Waals surface area (Å²) in [4.78, 5) is 17.9. The highest BCUT2D eigenvalue weighted by molar-refractivity contribution is 8.03. The number of rotatable bonds is 21. The van der Waals surface area contributed by atoms with Gasteiger partial charge >= 0.3 is 0 Å². The SMILES string of the molecule is COc1ccc(C(OC[C@H](COP(OCCC#N)N(C(C)C)C(C)C)NC(=O)C[n+]2ccc(C=C3Sc4ccccc4N3C)c3ccccc32)(c2ccccc2)c2ccc(OC)cc2)cc1. The summed E-state index contributed by atoms with van der Waals surface area (Å²) in [5.41, 5.74) is 4.64. The van der Waals surface area contributed by atoms with Gasteiger partial charge in [-0.15, -0.1) is 0 Å². The van der Waals surface area contributed by atoms with Crippen molar-refractivity contribution in [3.63, 3.8) is 0 Å². The number of pyridine rings is 1. The second kappa shape index (κ2) is 22.6. The number of nitrogens with zero attached hydrogens (tertiary/aromatic N) is 4. The lowest BCUT2D eigenvalue weighted by atomic mass is 9.80. The van der Waals surface area contributed by atoms with Crippen LogP contribution in [-0.4, -0.2) is 69.8 Å². The topological polar surface area (TPSA) is 109 Å². The molecule has 2 atom stereocenters. The van der Waals surface area contributed by atoms with Gasteiger partial charge in [0.05, 0.1) is 68.7 Å². The Morgan fingerprint density at radius 1 is 0.803 bits per heavy atom. The Morgan fingerprint density at radius 3 is 2.03 bits per heavy atom. The molecule has 1 N–H and O–H groups in total. The van der Waals surface area contributed by atoms with E-state index in [9.17, 15) is 10.1 Å². The Bertz CT molecular complexity index is 2570. The number of aromatic nitrogens is 1. The number of fused-ring (bicyclic) bond motifs is 2. The minimum absolute atomic E-state index is 0.0479. The number of nitrogens with one attached hydrogen (secondary N) is 1. The second-order valence-electron chi connectivity index (χ2n) is 16.4. The number of carbonyl (C=O) groups excluding carboxylic acids is 1.